The molecule has 0 spiro atoms. The lowest BCUT2D eigenvalue weighted by atomic mass is 10.1. The van der Waals surface area contributed by atoms with Crippen molar-refractivity contribution in [1.29, 1.82) is 0 Å². The van der Waals surface area contributed by atoms with E-state index in [0.29, 0.717) is 18.0 Å². The van der Waals surface area contributed by atoms with Crippen LogP contribution in [0.5, 0.6) is 0 Å². The second-order valence-corrected chi connectivity index (χ2v) is 4.77. The molecule has 19 heavy (non-hydrogen) atoms. The molecule has 2 aromatic rings. The number of carbonyl (C=O) groups is 1. The standard InChI is InChI=1S/C16H16ClNO/c1-12-5-7-15(8-6-12)16(19)18-11-14-4-2-3-13(9-14)10-17/h2-9H,10-11H2,1H3,(H,18,19). The first kappa shape index (κ1) is 13.6. The van der Waals surface area contributed by atoms with E-state index in [0.717, 1.165) is 16.7 Å². The summed E-state index contributed by atoms with van der Waals surface area (Å²) in [5.74, 6) is 0.427. The zero-order valence-corrected chi connectivity index (χ0v) is 11.6. The number of aryl methyl sites for hydroxylation is 1. The fourth-order valence-corrected chi connectivity index (χ4v) is 1.98. The number of benzene rings is 2. The van der Waals surface area contributed by atoms with Crippen LogP contribution in [0.25, 0.3) is 0 Å². The number of amides is 1. The van der Waals surface area contributed by atoms with Gasteiger partial charge in [0.05, 0.1) is 0 Å². The largest absolute Gasteiger partial charge is 0.348 e. The van der Waals surface area contributed by atoms with Gasteiger partial charge in [0.25, 0.3) is 5.91 Å². The molecule has 0 fully saturated rings. The number of carbonyl (C=O) groups excluding carboxylic acids is 1. The van der Waals surface area contributed by atoms with Crippen molar-refractivity contribution in [3.63, 3.8) is 0 Å². The lowest BCUT2D eigenvalue weighted by molar-refractivity contribution is 0.0951. The average molecular weight is 274 g/mol. The molecule has 2 nitrogen and oxygen atoms in total. The highest BCUT2D eigenvalue weighted by atomic mass is 35.5. The lowest BCUT2D eigenvalue weighted by Crippen LogP contribution is -2.22. The maximum Gasteiger partial charge on any atom is 0.251 e. The molecular weight excluding hydrogens is 258 g/mol. The van der Waals surface area contributed by atoms with Gasteiger partial charge < -0.3 is 5.32 Å². The smallest absolute Gasteiger partial charge is 0.251 e. The Morgan fingerprint density at radius 3 is 2.47 bits per heavy atom. The Hall–Kier alpha value is -1.80. The van der Waals surface area contributed by atoms with E-state index in [1.54, 1.807) is 0 Å². The normalized spacial score (nSPS) is 10.2. The summed E-state index contributed by atoms with van der Waals surface area (Å²) in [6.45, 7) is 2.51. The van der Waals surface area contributed by atoms with Gasteiger partial charge in [-0.25, -0.2) is 0 Å². The molecule has 0 radical (unpaired) electrons. The number of halogens is 1. The molecule has 1 amide bonds. The molecule has 1 N–H and O–H groups in total. The Labute approximate surface area is 118 Å². The van der Waals surface area contributed by atoms with E-state index in [2.05, 4.69) is 5.32 Å². The minimum atomic E-state index is -0.0590. The van der Waals surface area contributed by atoms with Crippen molar-refractivity contribution >= 4 is 17.5 Å². The van der Waals surface area contributed by atoms with Gasteiger partial charge in [0.2, 0.25) is 0 Å². The Morgan fingerprint density at radius 2 is 1.79 bits per heavy atom. The summed E-state index contributed by atoms with van der Waals surface area (Å²) in [7, 11) is 0. The molecule has 0 aromatic heterocycles. The molecule has 2 aromatic carbocycles. The van der Waals surface area contributed by atoms with E-state index in [1.165, 1.54) is 0 Å². The first-order valence-electron chi connectivity index (χ1n) is 6.17. The van der Waals surface area contributed by atoms with E-state index in [1.807, 2.05) is 55.5 Å². The highest BCUT2D eigenvalue weighted by molar-refractivity contribution is 6.17. The molecule has 0 bridgehead atoms. The maximum atomic E-state index is 11.9. The van der Waals surface area contributed by atoms with Crippen molar-refractivity contribution in [1.82, 2.24) is 5.32 Å². The summed E-state index contributed by atoms with van der Waals surface area (Å²) in [6, 6.07) is 15.4. The fraction of sp³-hybridized carbons (Fsp3) is 0.188. The lowest BCUT2D eigenvalue weighted by Gasteiger charge is -2.06. The quantitative estimate of drug-likeness (QED) is 0.846. The molecule has 0 aliphatic rings. The maximum absolute atomic E-state index is 11.9. The molecule has 0 atom stereocenters. The topological polar surface area (TPSA) is 29.1 Å². The van der Waals surface area contributed by atoms with Gasteiger partial charge >= 0.3 is 0 Å². The number of hydrogen-bond acceptors (Lipinski definition) is 1. The Kier molecular flexibility index (Phi) is 4.58. The zero-order valence-electron chi connectivity index (χ0n) is 10.8. The first-order valence-corrected chi connectivity index (χ1v) is 6.71. The van der Waals surface area contributed by atoms with Gasteiger partial charge in [-0.2, -0.15) is 0 Å². The van der Waals surface area contributed by atoms with Crippen molar-refractivity contribution in [2.45, 2.75) is 19.3 Å². The van der Waals surface area contributed by atoms with E-state index >= 15 is 0 Å². The summed E-state index contributed by atoms with van der Waals surface area (Å²) < 4.78 is 0. The molecule has 0 unspecified atom stereocenters. The summed E-state index contributed by atoms with van der Waals surface area (Å²) in [5.41, 5.74) is 3.94. The molecular formula is C16H16ClNO. The third kappa shape index (κ3) is 3.83. The summed E-state index contributed by atoms with van der Waals surface area (Å²) in [6.07, 6.45) is 0. The van der Waals surface area contributed by atoms with Gasteiger partial charge in [0.1, 0.15) is 0 Å². The van der Waals surface area contributed by atoms with Crippen molar-refractivity contribution in [2.24, 2.45) is 0 Å². The van der Waals surface area contributed by atoms with Crippen molar-refractivity contribution in [3.05, 3.63) is 70.8 Å². The van der Waals surface area contributed by atoms with E-state index in [-0.39, 0.29) is 5.91 Å². The van der Waals surface area contributed by atoms with Crippen LogP contribution in [0, 0.1) is 6.92 Å². The first-order chi connectivity index (χ1) is 9.19. The van der Waals surface area contributed by atoms with E-state index in [4.69, 9.17) is 11.6 Å². The monoisotopic (exact) mass is 273 g/mol. The Balaban J connectivity index is 1.98. The van der Waals surface area contributed by atoms with Crippen LogP contribution in [-0.4, -0.2) is 5.91 Å². The minimum Gasteiger partial charge on any atom is -0.348 e. The molecule has 3 heteroatoms. The van der Waals surface area contributed by atoms with Gasteiger partial charge in [-0.05, 0) is 30.2 Å². The van der Waals surface area contributed by atoms with Crippen LogP contribution in [-0.2, 0) is 12.4 Å². The van der Waals surface area contributed by atoms with Gasteiger partial charge in [-0.3, -0.25) is 4.79 Å². The zero-order chi connectivity index (χ0) is 13.7. The SMILES string of the molecule is Cc1ccc(C(=O)NCc2cccc(CCl)c2)cc1. The molecule has 0 aliphatic heterocycles. The van der Waals surface area contributed by atoms with Crippen LogP contribution in [0.1, 0.15) is 27.0 Å². The van der Waals surface area contributed by atoms with Crippen molar-refractivity contribution < 1.29 is 4.79 Å². The molecule has 98 valence electrons. The highest BCUT2D eigenvalue weighted by Crippen LogP contribution is 2.08. The summed E-state index contributed by atoms with van der Waals surface area (Å²) in [5, 5.41) is 2.90. The third-order valence-electron chi connectivity index (χ3n) is 2.91. The Bertz CT molecular complexity index is 563. The van der Waals surface area contributed by atoms with Gasteiger partial charge in [0, 0.05) is 18.0 Å². The summed E-state index contributed by atoms with van der Waals surface area (Å²) in [4.78, 5) is 11.9. The van der Waals surface area contributed by atoms with E-state index < -0.39 is 0 Å². The number of hydrogen-bond donors (Lipinski definition) is 1. The molecule has 0 aliphatic carbocycles. The Morgan fingerprint density at radius 1 is 1.11 bits per heavy atom. The van der Waals surface area contributed by atoms with Gasteiger partial charge in [0.15, 0.2) is 0 Å². The van der Waals surface area contributed by atoms with Crippen LogP contribution >= 0.6 is 11.6 Å². The predicted molar refractivity (Wildman–Crippen MR) is 78.3 cm³/mol. The van der Waals surface area contributed by atoms with Gasteiger partial charge in [-0.1, -0.05) is 42.0 Å². The second kappa shape index (κ2) is 6.39. The van der Waals surface area contributed by atoms with Crippen molar-refractivity contribution in [2.75, 3.05) is 0 Å². The van der Waals surface area contributed by atoms with Crippen LogP contribution < -0.4 is 5.32 Å². The number of rotatable bonds is 4. The second-order valence-electron chi connectivity index (χ2n) is 4.50. The van der Waals surface area contributed by atoms with Crippen LogP contribution in [0.2, 0.25) is 0 Å². The third-order valence-corrected chi connectivity index (χ3v) is 3.22. The van der Waals surface area contributed by atoms with Gasteiger partial charge in [-0.15, -0.1) is 11.6 Å². The van der Waals surface area contributed by atoms with Crippen LogP contribution in [0.15, 0.2) is 48.5 Å². The van der Waals surface area contributed by atoms with Crippen LogP contribution in [0.4, 0.5) is 0 Å². The molecule has 0 heterocycles. The van der Waals surface area contributed by atoms with E-state index in [9.17, 15) is 4.79 Å². The molecule has 0 saturated heterocycles. The number of nitrogens with one attached hydrogen (secondary N) is 1. The molecule has 2 rings (SSSR count). The minimum absolute atomic E-state index is 0.0590. The summed E-state index contributed by atoms with van der Waals surface area (Å²) >= 11 is 5.78. The fourth-order valence-electron chi connectivity index (χ4n) is 1.81. The predicted octanol–water partition coefficient (Wildman–Crippen LogP) is 3.66. The van der Waals surface area contributed by atoms with Crippen LogP contribution in [0.3, 0.4) is 0 Å². The molecule has 0 saturated carbocycles. The highest BCUT2D eigenvalue weighted by Gasteiger charge is 2.04. The average Bonchev–Trinajstić information content (AvgIpc) is 2.46. The van der Waals surface area contributed by atoms with Crippen molar-refractivity contribution in [3.8, 4) is 0 Å². The number of alkyl halides is 1.